The number of anilines is 1. The molecule has 7 nitrogen and oxygen atoms in total. The first-order valence-electron chi connectivity index (χ1n) is 12.2. The molecule has 0 aliphatic carbocycles. The first-order valence-corrected chi connectivity index (χ1v) is 13.3. The van der Waals surface area contributed by atoms with E-state index in [4.69, 9.17) is 44.3 Å². The summed E-state index contributed by atoms with van der Waals surface area (Å²) in [7, 11) is 1.68. The molecule has 1 unspecified atom stereocenters. The molecule has 3 N–H and O–H groups in total. The van der Waals surface area contributed by atoms with E-state index in [1.165, 1.54) is 0 Å². The number of likely N-dealkylation sites (tertiary alicyclic amines) is 1. The van der Waals surface area contributed by atoms with Gasteiger partial charge in [0.05, 0.1) is 32.4 Å². The van der Waals surface area contributed by atoms with Crippen LogP contribution in [0.2, 0.25) is 15.1 Å². The molecule has 1 atom stereocenters. The maximum Gasteiger partial charge on any atom is 0.254 e. The zero-order chi connectivity index (χ0) is 25.7. The number of benzene rings is 2. The number of nitrogens with zero attached hydrogens (tertiary/aromatic N) is 1. The summed E-state index contributed by atoms with van der Waals surface area (Å²) in [4.78, 5) is 14.8. The van der Waals surface area contributed by atoms with Crippen molar-refractivity contribution in [2.45, 2.75) is 37.4 Å². The van der Waals surface area contributed by atoms with E-state index in [1.54, 1.807) is 31.4 Å². The number of hydrogen-bond acceptors (Lipinski definition) is 6. The molecule has 2 aromatic rings. The molecule has 4 rings (SSSR count). The summed E-state index contributed by atoms with van der Waals surface area (Å²) in [5, 5.41) is 18.4. The second-order valence-electron chi connectivity index (χ2n) is 9.34. The van der Waals surface area contributed by atoms with Gasteiger partial charge in [0.15, 0.2) is 0 Å². The van der Waals surface area contributed by atoms with Crippen LogP contribution in [0, 0.1) is 0 Å². The number of amides is 1. The van der Waals surface area contributed by atoms with Gasteiger partial charge >= 0.3 is 0 Å². The van der Waals surface area contributed by atoms with Crippen LogP contribution in [0.3, 0.4) is 0 Å². The minimum atomic E-state index is -0.625. The maximum atomic E-state index is 12.5. The average Bonchev–Trinajstić information content (AvgIpc) is 2.84. The third-order valence-corrected chi connectivity index (χ3v) is 7.80. The molecular weight excluding hydrogens is 525 g/mol. The highest BCUT2D eigenvalue weighted by Crippen LogP contribution is 2.46. The van der Waals surface area contributed by atoms with E-state index < -0.39 is 11.7 Å². The van der Waals surface area contributed by atoms with Crippen LogP contribution < -0.4 is 15.4 Å². The lowest BCUT2D eigenvalue weighted by Gasteiger charge is -2.46. The SMILES string of the molecule is COCCCNc1cc2c(cc1Cl)C(O)CC1(CCN(CCNC(=O)c3c(Cl)cccc3Cl)CC1)O2. The molecule has 2 aromatic carbocycles. The number of methoxy groups -OCH3 is 1. The Morgan fingerprint density at radius 3 is 2.58 bits per heavy atom. The Hall–Kier alpha value is -1.74. The Morgan fingerprint density at radius 2 is 1.89 bits per heavy atom. The third-order valence-electron chi connectivity index (χ3n) is 6.86. The van der Waals surface area contributed by atoms with Crippen molar-refractivity contribution < 1.29 is 19.4 Å². The fourth-order valence-electron chi connectivity index (χ4n) is 4.85. The van der Waals surface area contributed by atoms with Crippen LogP contribution in [0.25, 0.3) is 0 Å². The average molecular weight is 557 g/mol. The number of aliphatic hydroxyl groups excluding tert-OH is 1. The van der Waals surface area contributed by atoms with Gasteiger partial charge in [0, 0.05) is 64.5 Å². The summed E-state index contributed by atoms with van der Waals surface area (Å²) in [5.74, 6) is 0.407. The predicted molar refractivity (Wildman–Crippen MR) is 144 cm³/mol. The molecule has 2 aliphatic heterocycles. The molecule has 1 fully saturated rings. The zero-order valence-electron chi connectivity index (χ0n) is 20.3. The molecule has 1 spiro atoms. The van der Waals surface area contributed by atoms with Crippen molar-refractivity contribution in [3.8, 4) is 5.75 Å². The Bertz CT molecular complexity index is 1060. The summed E-state index contributed by atoms with van der Waals surface area (Å²) in [6.07, 6.45) is 2.34. The largest absolute Gasteiger partial charge is 0.487 e. The summed E-state index contributed by atoms with van der Waals surface area (Å²) in [5.41, 5.74) is 1.41. The highest BCUT2D eigenvalue weighted by Gasteiger charge is 2.43. The number of carbonyl (C=O) groups is 1. The van der Waals surface area contributed by atoms with Gasteiger partial charge in [-0.1, -0.05) is 40.9 Å². The van der Waals surface area contributed by atoms with Gasteiger partial charge in [0.1, 0.15) is 11.4 Å². The van der Waals surface area contributed by atoms with Crippen LogP contribution in [0.5, 0.6) is 5.75 Å². The summed E-state index contributed by atoms with van der Waals surface area (Å²) in [6.45, 7) is 4.20. The number of carbonyl (C=O) groups excluding carboxylic acids is 1. The molecule has 36 heavy (non-hydrogen) atoms. The zero-order valence-corrected chi connectivity index (χ0v) is 22.6. The van der Waals surface area contributed by atoms with Crippen LogP contribution in [0.4, 0.5) is 5.69 Å². The van der Waals surface area contributed by atoms with Gasteiger partial charge in [0.25, 0.3) is 5.91 Å². The highest BCUT2D eigenvalue weighted by molar-refractivity contribution is 6.39. The van der Waals surface area contributed by atoms with Gasteiger partial charge in [0.2, 0.25) is 0 Å². The highest BCUT2D eigenvalue weighted by atomic mass is 35.5. The fourth-order valence-corrected chi connectivity index (χ4v) is 5.66. The minimum absolute atomic E-state index is 0.278. The van der Waals surface area contributed by atoms with Gasteiger partial charge in [-0.3, -0.25) is 4.79 Å². The normalized spacial score (nSPS) is 19.0. The second-order valence-corrected chi connectivity index (χ2v) is 10.6. The second kappa shape index (κ2) is 12.2. The van der Waals surface area contributed by atoms with Gasteiger partial charge in [-0.25, -0.2) is 0 Å². The number of piperidine rings is 1. The van der Waals surface area contributed by atoms with E-state index in [-0.39, 0.29) is 5.91 Å². The van der Waals surface area contributed by atoms with Crippen molar-refractivity contribution in [3.05, 3.63) is 56.5 Å². The van der Waals surface area contributed by atoms with Gasteiger partial charge in [-0.05, 0) is 37.5 Å². The van der Waals surface area contributed by atoms with Crippen LogP contribution in [-0.2, 0) is 4.74 Å². The fraction of sp³-hybridized carbons (Fsp3) is 0.500. The van der Waals surface area contributed by atoms with Crippen molar-refractivity contribution in [1.82, 2.24) is 10.2 Å². The molecule has 196 valence electrons. The number of hydrogen-bond donors (Lipinski definition) is 3. The molecule has 0 saturated carbocycles. The molecule has 2 heterocycles. The lowest BCUT2D eigenvalue weighted by Crippen LogP contribution is -2.51. The summed E-state index contributed by atoms with van der Waals surface area (Å²) >= 11 is 18.7. The van der Waals surface area contributed by atoms with Crippen molar-refractivity contribution in [1.29, 1.82) is 0 Å². The number of fused-ring (bicyclic) bond motifs is 1. The molecule has 0 aromatic heterocycles. The molecular formula is C26H32Cl3N3O4. The van der Waals surface area contributed by atoms with E-state index in [2.05, 4.69) is 15.5 Å². The van der Waals surface area contributed by atoms with E-state index in [9.17, 15) is 9.90 Å². The van der Waals surface area contributed by atoms with Crippen LogP contribution in [0.15, 0.2) is 30.3 Å². The number of halogens is 3. The standard InChI is InChI=1S/C26H32Cl3N3O4/c1-35-13-3-8-30-21-15-23-17(14-20(21)29)22(33)16-26(36-23)6-10-32(11-7-26)12-9-31-25(34)24-18(27)4-2-5-19(24)28/h2,4-5,14-15,22,30,33H,3,6-13,16H2,1H3,(H,31,34). The Balaban J connectivity index is 1.31. The number of nitrogens with one attached hydrogen (secondary N) is 2. The first-order chi connectivity index (χ1) is 17.3. The number of rotatable bonds is 9. The predicted octanol–water partition coefficient (Wildman–Crippen LogP) is 5.18. The minimum Gasteiger partial charge on any atom is -0.487 e. The van der Waals surface area contributed by atoms with Crippen molar-refractivity contribution >= 4 is 46.4 Å². The lowest BCUT2D eigenvalue weighted by molar-refractivity contribution is -0.0535. The Labute approximate surface area is 227 Å². The van der Waals surface area contributed by atoms with Crippen molar-refractivity contribution in [2.24, 2.45) is 0 Å². The molecule has 2 aliphatic rings. The van der Waals surface area contributed by atoms with E-state index in [0.29, 0.717) is 52.5 Å². The number of ether oxygens (including phenoxy) is 2. The molecule has 10 heteroatoms. The molecule has 0 bridgehead atoms. The Kier molecular flexibility index (Phi) is 9.25. The Morgan fingerprint density at radius 1 is 1.17 bits per heavy atom. The topological polar surface area (TPSA) is 83.1 Å². The van der Waals surface area contributed by atoms with Crippen LogP contribution in [0.1, 0.15) is 47.7 Å². The smallest absolute Gasteiger partial charge is 0.254 e. The van der Waals surface area contributed by atoms with Crippen molar-refractivity contribution in [3.63, 3.8) is 0 Å². The molecule has 0 radical (unpaired) electrons. The third kappa shape index (κ3) is 6.39. The lowest BCUT2D eigenvalue weighted by atomic mass is 9.81. The van der Waals surface area contributed by atoms with Crippen LogP contribution >= 0.6 is 34.8 Å². The summed E-state index contributed by atoms with van der Waals surface area (Å²) < 4.78 is 11.6. The van der Waals surface area contributed by atoms with Gasteiger partial charge in [-0.2, -0.15) is 0 Å². The van der Waals surface area contributed by atoms with E-state index in [1.807, 2.05) is 6.07 Å². The maximum absolute atomic E-state index is 12.5. The van der Waals surface area contributed by atoms with Gasteiger partial charge < -0.3 is 30.1 Å². The van der Waals surface area contributed by atoms with E-state index in [0.717, 1.165) is 50.1 Å². The molecule has 1 amide bonds. The van der Waals surface area contributed by atoms with Gasteiger partial charge in [-0.15, -0.1) is 0 Å². The first kappa shape index (κ1) is 27.3. The van der Waals surface area contributed by atoms with Crippen LogP contribution in [-0.4, -0.2) is 68.0 Å². The quantitative estimate of drug-likeness (QED) is 0.370. The monoisotopic (exact) mass is 555 g/mol. The summed E-state index contributed by atoms with van der Waals surface area (Å²) in [6, 6.07) is 8.71. The number of aliphatic hydroxyl groups is 1. The molecule has 1 saturated heterocycles. The van der Waals surface area contributed by atoms with E-state index >= 15 is 0 Å². The van der Waals surface area contributed by atoms with Crippen molar-refractivity contribution in [2.75, 3.05) is 51.8 Å².